The van der Waals surface area contributed by atoms with Gasteiger partial charge in [0.25, 0.3) is 0 Å². The fraction of sp³-hybridized carbons (Fsp3) is 0.611. The second-order valence-corrected chi connectivity index (χ2v) is 8.33. The maximum atomic E-state index is 13.0. The van der Waals surface area contributed by atoms with E-state index < -0.39 is 41.8 Å². The minimum atomic E-state index is -4.46. The lowest BCUT2D eigenvalue weighted by molar-refractivity contribution is -0.143. The third kappa shape index (κ3) is 4.87. The maximum Gasteiger partial charge on any atom is 0.466 e. The van der Waals surface area contributed by atoms with E-state index in [4.69, 9.17) is 14.0 Å². The molecular formula is C18H23BBrF3O4. The zero-order chi connectivity index (χ0) is 20.6. The molecular weight excluding hydrogens is 428 g/mol. The molecule has 1 atom stereocenters. The van der Waals surface area contributed by atoms with Gasteiger partial charge in [0.05, 0.1) is 29.8 Å². The van der Waals surface area contributed by atoms with Crippen LogP contribution in [0.4, 0.5) is 13.2 Å². The van der Waals surface area contributed by atoms with E-state index in [9.17, 15) is 18.0 Å². The van der Waals surface area contributed by atoms with Crippen molar-refractivity contribution in [1.29, 1.82) is 0 Å². The molecule has 1 aromatic carbocycles. The second-order valence-electron chi connectivity index (χ2n) is 7.47. The Kier molecular flexibility index (Phi) is 6.39. The molecule has 0 bridgehead atoms. The topological polar surface area (TPSA) is 44.8 Å². The Hall–Kier alpha value is -1.06. The van der Waals surface area contributed by atoms with Crippen LogP contribution in [0.2, 0.25) is 0 Å². The summed E-state index contributed by atoms with van der Waals surface area (Å²) < 4.78 is 56.3. The Balaban J connectivity index is 2.41. The highest BCUT2D eigenvalue weighted by Gasteiger charge is 2.54. The first kappa shape index (κ1) is 22.2. The van der Waals surface area contributed by atoms with Crippen molar-refractivity contribution in [3.63, 3.8) is 0 Å². The predicted octanol–water partition coefficient (Wildman–Crippen LogP) is 5.14. The van der Waals surface area contributed by atoms with Crippen molar-refractivity contribution in [2.24, 2.45) is 0 Å². The summed E-state index contributed by atoms with van der Waals surface area (Å²) in [6, 6.07) is 3.34. The first-order valence-corrected chi connectivity index (χ1v) is 9.45. The number of halogens is 4. The summed E-state index contributed by atoms with van der Waals surface area (Å²) in [5.41, 5.74) is -1.55. The van der Waals surface area contributed by atoms with Gasteiger partial charge in [-0.05, 0) is 52.3 Å². The summed E-state index contributed by atoms with van der Waals surface area (Å²) in [7, 11) is -0.799. The van der Waals surface area contributed by atoms with Crippen molar-refractivity contribution in [1.82, 2.24) is 0 Å². The summed E-state index contributed by atoms with van der Waals surface area (Å²) >= 11 is 3.21. The predicted molar refractivity (Wildman–Crippen MR) is 99.2 cm³/mol. The van der Waals surface area contributed by atoms with Crippen molar-refractivity contribution in [3.05, 3.63) is 33.8 Å². The molecule has 27 heavy (non-hydrogen) atoms. The average Bonchev–Trinajstić information content (AvgIpc) is 2.72. The molecule has 0 saturated carbocycles. The Morgan fingerprint density at radius 1 is 1.22 bits per heavy atom. The van der Waals surface area contributed by atoms with Gasteiger partial charge in [0, 0.05) is 10.3 Å². The van der Waals surface area contributed by atoms with Gasteiger partial charge in [0.1, 0.15) is 0 Å². The van der Waals surface area contributed by atoms with Gasteiger partial charge in [-0.3, -0.25) is 4.79 Å². The highest BCUT2D eigenvalue weighted by atomic mass is 79.9. The van der Waals surface area contributed by atoms with E-state index in [2.05, 4.69) is 15.9 Å². The van der Waals surface area contributed by atoms with Crippen LogP contribution < -0.4 is 0 Å². The van der Waals surface area contributed by atoms with E-state index in [1.807, 2.05) is 27.7 Å². The largest absolute Gasteiger partial charge is 0.466 e. The number of ether oxygens (including phenoxy) is 1. The minimum absolute atomic E-state index is 0.0748. The molecule has 1 fully saturated rings. The van der Waals surface area contributed by atoms with E-state index in [1.54, 1.807) is 6.92 Å². The summed E-state index contributed by atoms with van der Waals surface area (Å²) in [5, 5.41) is 0. The Bertz CT molecular complexity index is 690. The fourth-order valence-electron chi connectivity index (χ4n) is 2.81. The standard InChI is InChI=1S/C18H23BBrF3O4/c1-6-25-15(24)10-13(19-26-16(2,3)17(4,5)27-19)12-8-7-11(9-14(12)20)18(21,22)23/h7-9,13H,6,10H2,1-5H3. The minimum Gasteiger partial charge on any atom is -0.466 e. The molecule has 2 rings (SSSR count). The normalized spacial score (nSPS) is 19.8. The van der Waals surface area contributed by atoms with Crippen LogP contribution in [-0.2, 0) is 25.0 Å². The maximum absolute atomic E-state index is 13.0. The monoisotopic (exact) mass is 450 g/mol. The second kappa shape index (κ2) is 7.76. The lowest BCUT2D eigenvalue weighted by Gasteiger charge is -2.32. The molecule has 9 heteroatoms. The number of hydrogen-bond acceptors (Lipinski definition) is 4. The molecule has 0 aliphatic carbocycles. The summed E-state index contributed by atoms with van der Waals surface area (Å²) in [6.07, 6.45) is -4.53. The van der Waals surface area contributed by atoms with Gasteiger partial charge >= 0.3 is 19.3 Å². The van der Waals surface area contributed by atoms with E-state index >= 15 is 0 Å². The van der Waals surface area contributed by atoms with Crippen molar-refractivity contribution < 1.29 is 32.0 Å². The first-order valence-electron chi connectivity index (χ1n) is 8.66. The Morgan fingerprint density at radius 3 is 2.22 bits per heavy atom. The molecule has 1 heterocycles. The zero-order valence-electron chi connectivity index (χ0n) is 15.9. The molecule has 1 unspecified atom stereocenters. The van der Waals surface area contributed by atoms with Gasteiger partial charge in [-0.15, -0.1) is 0 Å². The number of carbonyl (C=O) groups is 1. The van der Waals surface area contributed by atoms with Gasteiger partial charge in [0.15, 0.2) is 0 Å². The highest BCUT2D eigenvalue weighted by Crippen LogP contribution is 2.44. The number of esters is 1. The molecule has 4 nitrogen and oxygen atoms in total. The van der Waals surface area contributed by atoms with Gasteiger partial charge < -0.3 is 14.0 Å². The molecule has 1 aromatic rings. The van der Waals surface area contributed by atoms with Crippen LogP contribution in [0, 0.1) is 0 Å². The molecule has 1 aliphatic rings. The Labute approximate surface area is 166 Å². The van der Waals surface area contributed by atoms with Gasteiger partial charge in [-0.25, -0.2) is 0 Å². The van der Waals surface area contributed by atoms with E-state index in [1.165, 1.54) is 6.07 Å². The number of benzene rings is 1. The van der Waals surface area contributed by atoms with Crippen molar-refractivity contribution in [3.8, 4) is 0 Å². The summed E-state index contributed by atoms with van der Waals surface area (Å²) in [6.45, 7) is 9.39. The van der Waals surface area contributed by atoms with Crippen LogP contribution in [0.25, 0.3) is 0 Å². The molecule has 0 N–H and O–H groups in total. The molecule has 1 aliphatic heterocycles. The third-order valence-electron chi connectivity index (χ3n) is 5.02. The van der Waals surface area contributed by atoms with Crippen LogP contribution in [0.5, 0.6) is 0 Å². The molecule has 0 spiro atoms. The number of rotatable bonds is 5. The Morgan fingerprint density at radius 2 is 1.78 bits per heavy atom. The van der Waals surface area contributed by atoms with Crippen molar-refractivity contribution in [2.75, 3.05) is 6.61 Å². The number of alkyl halides is 3. The SMILES string of the molecule is CCOC(=O)CC(B1OC(C)(C)C(C)(C)O1)c1ccc(C(F)(F)F)cc1Br. The van der Waals surface area contributed by atoms with Crippen LogP contribution in [0.15, 0.2) is 22.7 Å². The van der Waals surface area contributed by atoms with Crippen LogP contribution >= 0.6 is 15.9 Å². The molecule has 0 amide bonds. The summed E-state index contributed by atoms with van der Waals surface area (Å²) in [4.78, 5) is 12.1. The zero-order valence-corrected chi connectivity index (χ0v) is 17.5. The van der Waals surface area contributed by atoms with Gasteiger partial charge in [-0.2, -0.15) is 13.2 Å². The smallest absolute Gasteiger partial charge is 0.466 e. The summed E-state index contributed by atoms with van der Waals surface area (Å²) in [5.74, 6) is -1.09. The molecule has 0 radical (unpaired) electrons. The average molecular weight is 451 g/mol. The molecule has 1 saturated heterocycles. The lowest BCUT2D eigenvalue weighted by atomic mass is 9.66. The van der Waals surface area contributed by atoms with Gasteiger partial charge in [-0.1, -0.05) is 22.0 Å². The van der Waals surface area contributed by atoms with Crippen molar-refractivity contribution in [2.45, 2.75) is 64.2 Å². The quantitative estimate of drug-likeness (QED) is 0.460. The van der Waals surface area contributed by atoms with Crippen LogP contribution in [0.3, 0.4) is 0 Å². The van der Waals surface area contributed by atoms with E-state index in [0.29, 0.717) is 5.56 Å². The number of hydrogen-bond donors (Lipinski definition) is 0. The molecule has 0 aromatic heterocycles. The third-order valence-corrected chi connectivity index (χ3v) is 5.71. The highest BCUT2D eigenvalue weighted by molar-refractivity contribution is 9.10. The van der Waals surface area contributed by atoms with E-state index in [-0.39, 0.29) is 17.5 Å². The van der Waals surface area contributed by atoms with Crippen LogP contribution in [-0.4, -0.2) is 30.9 Å². The van der Waals surface area contributed by atoms with Gasteiger partial charge in [0.2, 0.25) is 0 Å². The van der Waals surface area contributed by atoms with E-state index in [0.717, 1.165) is 12.1 Å². The van der Waals surface area contributed by atoms with Crippen molar-refractivity contribution >= 4 is 29.0 Å². The number of carbonyl (C=O) groups excluding carboxylic acids is 1. The lowest BCUT2D eigenvalue weighted by Crippen LogP contribution is -2.41. The molecule has 150 valence electrons. The first-order chi connectivity index (χ1) is 12.3. The van der Waals surface area contributed by atoms with Crippen LogP contribution in [0.1, 0.15) is 58.0 Å². The fourth-order valence-corrected chi connectivity index (χ4v) is 3.48.